The maximum atomic E-state index is 14.1. The molecule has 0 radical (unpaired) electrons. The Morgan fingerprint density at radius 1 is 0.907 bits per heavy atom. The fourth-order valence-electron chi connectivity index (χ4n) is 5.78. The van der Waals surface area contributed by atoms with E-state index >= 15 is 0 Å². The van der Waals surface area contributed by atoms with E-state index in [0.717, 1.165) is 0 Å². The lowest BCUT2D eigenvalue weighted by Gasteiger charge is -2.39. The highest BCUT2D eigenvalue weighted by molar-refractivity contribution is 5.94. The maximum Gasteiger partial charge on any atom is 0.247 e. The summed E-state index contributed by atoms with van der Waals surface area (Å²) < 4.78 is 27.4. The Morgan fingerprint density at radius 3 is 2.02 bits per heavy atom. The lowest BCUT2D eigenvalue weighted by molar-refractivity contribution is -0.147. The Labute approximate surface area is 251 Å². The quantitative estimate of drug-likeness (QED) is 0.412. The molecule has 9 nitrogen and oxygen atoms in total. The highest BCUT2D eigenvalue weighted by Gasteiger charge is 2.46. The second kappa shape index (κ2) is 14.1. The minimum atomic E-state index is -1.03. The molecule has 3 N–H and O–H groups in total. The molecule has 2 saturated heterocycles. The summed E-state index contributed by atoms with van der Waals surface area (Å²) in [6.45, 7) is 5.99. The van der Waals surface area contributed by atoms with E-state index in [2.05, 4.69) is 16.0 Å². The van der Waals surface area contributed by atoms with Crippen LogP contribution in [0.3, 0.4) is 0 Å². The number of benzene rings is 2. The number of hydrogen-bond donors (Lipinski definition) is 3. The standard InChI is InChI=1S/C32H41F2N5O4/c1-19(2)17-28(40)38-16-15-25-13-14-27(39(25)32(43)26(18-38)36-30(41)20(3)35-4)31(42)37-29(21-5-9-23(33)10-6-21)22-7-11-24(34)12-8-22/h5-12,19-20,25-27,29,35H,13-18H2,1-4H3,(H,36,41)(H,37,42)/t20-,25+,26-,27-/m0/s1. The molecule has 2 heterocycles. The van der Waals surface area contributed by atoms with E-state index in [1.165, 1.54) is 24.3 Å². The second-order valence-electron chi connectivity index (χ2n) is 11.8. The van der Waals surface area contributed by atoms with Crippen LogP contribution < -0.4 is 16.0 Å². The number of amides is 4. The molecule has 232 valence electrons. The number of nitrogens with zero attached hydrogens (tertiary/aromatic N) is 2. The molecule has 0 unspecified atom stereocenters. The van der Waals surface area contributed by atoms with Crippen LogP contribution in [0.2, 0.25) is 0 Å². The van der Waals surface area contributed by atoms with Crippen LogP contribution in [-0.2, 0) is 19.2 Å². The van der Waals surface area contributed by atoms with E-state index < -0.39 is 47.6 Å². The van der Waals surface area contributed by atoms with Gasteiger partial charge in [0.2, 0.25) is 23.6 Å². The van der Waals surface area contributed by atoms with Crippen molar-refractivity contribution in [3.8, 4) is 0 Å². The third-order valence-electron chi connectivity index (χ3n) is 8.26. The summed E-state index contributed by atoms with van der Waals surface area (Å²) in [6, 6.07) is 7.95. The molecule has 4 amide bonds. The van der Waals surface area contributed by atoms with Crippen LogP contribution in [0.25, 0.3) is 0 Å². The van der Waals surface area contributed by atoms with Gasteiger partial charge in [-0.3, -0.25) is 19.2 Å². The number of hydrogen-bond acceptors (Lipinski definition) is 5. The molecule has 0 bridgehead atoms. The predicted octanol–water partition coefficient (Wildman–Crippen LogP) is 2.90. The van der Waals surface area contributed by atoms with Crippen LogP contribution in [0.15, 0.2) is 48.5 Å². The van der Waals surface area contributed by atoms with Crippen molar-refractivity contribution in [2.75, 3.05) is 20.1 Å². The highest BCUT2D eigenvalue weighted by Crippen LogP contribution is 2.31. The van der Waals surface area contributed by atoms with Crippen molar-refractivity contribution in [3.05, 3.63) is 71.3 Å². The molecule has 2 aromatic carbocycles. The second-order valence-corrected chi connectivity index (χ2v) is 11.8. The lowest BCUT2D eigenvalue weighted by atomic mass is 9.98. The average molecular weight is 598 g/mol. The van der Waals surface area contributed by atoms with Crippen molar-refractivity contribution >= 4 is 23.6 Å². The first kappa shape index (κ1) is 32.1. The molecule has 2 aliphatic rings. The van der Waals surface area contributed by atoms with Gasteiger partial charge >= 0.3 is 0 Å². The van der Waals surface area contributed by atoms with Gasteiger partial charge in [0, 0.05) is 25.6 Å². The zero-order valence-electron chi connectivity index (χ0n) is 25.1. The van der Waals surface area contributed by atoms with Gasteiger partial charge in [-0.25, -0.2) is 8.78 Å². The first-order chi connectivity index (χ1) is 20.5. The van der Waals surface area contributed by atoms with Crippen LogP contribution >= 0.6 is 0 Å². The summed E-state index contributed by atoms with van der Waals surface area (Å²) in [5.41, 5.74) is 1.20. The van der Waals surface area contributed by atoms with Gasteiger partial charge in [-0.2, -0.15) is 0 Å². The number of carbonyl (C=O) groups excluding carboxylic acids is 4. The number of nitrogens with one attached hydrogen (secondary N) is 3. The van der Waals surface area contributed by atoms with Crippen LogP contribution in [0.1, 0.15) is 63.6 Å². The largest absolute Gasteiger partial charge is 0.343 e. The van der Waals surface area contributed by atoms with E-state index in [1.54, 1.807) is 48.0 Å². The van der Waals surface area contributed by atoms with E-state index in [1.807, 2.05) is 13.8 Å². The lowest BCUT2D eigenvalue weighted by Crippen LogP contribution is -2.62. The fourth-order valence-corrected chi connectivity index (χ4v) is 5.78. The summed E-state index contributed by atoms with van der Waals surface area (Å²) in [4.78, 5) is 57.2. The minimum Gasteiger partial charge on any atom is -0.343 e. The number of carbonyl (C=O) groups is 4. The molecule has 2 fully saturated rings. The van der Waals surface area contributed by atoms with Crippen molar-refractivity contribution in [2.45, 2.75) is 76.7 Å². The van der Waals surface area contributed by atoms with Gasteiger partial charge in [-0.15, -0.1) is 0 Å². The normalized spacial score (nSPS) is 21.3. The Hall–Kier alpha value is -3.86. The SMILES string of the molecule is CN[C@@H](C)C(=O)N[C@H]1CN(C(=O)CC(C)C)CC[C@H]2CC[C@@H](C(=O)NC(c3ccc(F)cc3)c3ccc(F)cc3)N2C1=O. The molecule has 2 aliphatic heterocycles. The summed E-state index contributed by atoms with van der Waals surface area (Å²) in [5, 5.41) is 8.68. The molecular weight excluding hydrogens is 556 g/mol. The Bertz CT molecular complexity index is 1260. The van der Waals surface area contributed by atoms with Crippen LogP contribution in [0, 0.1) is 17.6 Å². The summed E-state index contributed by atoms with van der Waals surface area (Å²) in [6.07, 6.45) is 1.79. The molecule has 4 rings (SSSR count). The van der Waals surface area contributed by atoms with Crippen LogP contribution in [0.5, 0.6) is 0 Å². The summed E-state index contributed by atoms with van der Waals surface area (Å²) in [7, 11) is 1.64. The van der Waals surface area contributed by atoms with E-state index in [9.17, 15) is 28.0 Å². The summed E-state index contributed by atoms with van der Waals surface area (Å²) >= 11 is 0. The zero-order chi connectivity index (χ0) is 31.3. The van der Waals surface area contributed by atoms with Gasteiger partial charge < -0.3 is 25.8 Å². The average Bonchev–Trinajstić information content (AvgIpc) is 3.40. The molecular formula is C32H41F2N5O4. The fraction of sp³-hybridized carbons (Fsp3) is 0.500. The number of likely N-dealkylation sites (N-methyl/N-ethyl adjacent to an activating group) is 1. The van der Waals surface area contributed by atoms with E-state index in [4.69, 9.17) is 0 Å². The van der Waals surface area contributed by atoms with E-state index in [-0.39, 0.29) is 30.3 Å². The Morgan fingerprint density at radius 2 is 1.49 bits per heavy atom. The Kier molecular flexibility index (Phi) is 10.5. The van der Waals surface area contributed by atoms with Crippen molar-refractivity contribution in [1.82, 2.24) is 25.8 Å². The maximum absolute atomic E-state index is 14.1. The van der Waals surface area contributed by atoms with Gasteiger partial charge in [0.25, 0.3) is 0 Å². The van der Waals surface area contributed by atoms with E-state index in [0.29, 0.717) is 43.4 Å². The van der Waals surface area contributed by atoms with Gasteiger partial charge in [-0.05, 0) is 74.5 Å². The third-order valence-corrected chi connectivity index (χ3v) is 8.26. The van der Waals surface area contributed by atoms with Crippen molar-refractivity contribution < 1.29 is 28.0 Å². The molecule has 0 aromatic heterocycles. The van der Waals surface area contributed by atoms with Crippen LogP contribution in [0.4, 0.5) is 8.78 Å². The Balaban J connectivity index is 1.61. The van der Waals surface area contributed by atoms with Gasteiger partial charge in [0.1, 0.15) is 23.7 Å². The first-order valence-electron chi connectivity index (χ1n) is 14.9. The molecule has 43 heavy (non-hydrogen) atoms. The van der Waals surface area contributed by atoms with Gasteiger partial charge in [0.05, 0.1) is 12.1 Å². The third kappa shape index (κ3) is 7.76. The summed E-state index contributed by atoms with van der Waals surface area (Å²) in [5.74, 6) is -2.01. The van der Waals surface area contributed by atoms with Crippen molar-refractivity contribution in [2.24, 2.45) is 5.92 Å². The molecule has 0 spiro atoms. The molecule has 2 aromatic rings. The van der Waals surface area contributed by atoms with Crippen LogP contribution in [-0.4, -0.2) is 77.7 Å². The van der Waals surface area contributed by atoms with Crippen molar-refractivity contribution in [3.63, 3.8) is 0 Å². The highest BCUT2D eigenvalue weighted by atomic mass is 19.1. The molecule has 0 saturated carbocycles. The monoisotopic (exact) mass is 597 g/mol. The number of rotatable bonds is 9. The van der Waals surface area contributed by atoms with Gasteiger partial charge in [-0.1, -0.05) is 38.1 Å². The number of halogens is 2. The first-order valence-corrected chi connectivity index (χ1v) is 14.9. The number of fused-ring (bicyclic) bond motifs is 1. The predicted molar refractivity (Wildman–Crippen MR) is 158 cm³/mol. The smallest absolute Gasteiger partial charge is 0.247 e. The zero-order valence-corrected chi connectivity index (χ0v) is 25.1. The molecule has 4 atom stereocenters. The molecule has 0 aliphatic carbocycles. The topological polar surface area (TPSA) is 111 Å². The minimum absolute atomic E-state index is 0.0118. The van der Waals surface area contributed by atoms with Crippen molar-refractivity contribution in [1.29, 1.82) is 0 Å². The molecule has 11 heteroatoms. The van der Waals surface area contributed by atoms with Gasteiger partial charge in [0.15, 0.2) is 0 Å².